The number of H-pyrrole nitrogens is 1. The Kier molecular flexibility index (Phi) is 19.7. The van der Waals surface area contributed by atoms with Gasteiger partial charge in [-0.15, -0.1) is 0 Å². The second-order valence-electron chi connectivity index (χ2n) is 17.9. The van der Waals surface area contributed by atoms with Crippen LogP contribution < -0.4 is 15.4 Å². The van der Waals surface area contributed by atoms with E-state index < -0.39 is 0 Å². The van der Waals surface area contributed by atoms with Crippen LogP contribution in [0, 0.1) is 12.8 Å². The molecule has 0 saturated carbocycles. The third kappa shape index (κ3) is 15.1. The van der Waals surface area contributed by atoms with Crippen molar-refractivity contribution in [1.29, 1.82) is 0 Å². The Morgan fingerprint density at radius 3 is 1.78 bits per heavy atom. The number of oxazole rings is 2. The molecule has 68 heavy (non-hydrogen) atoms. The number of likely N-dealkylation sites (tertiary alicyclic amines) is 1. The van der Waals surface area contributed by atoms with Gasteiger partial charge in [-0.25, -0.2) is 9.97 Å². The van der Waals surface area contributed by atoms with E-state index in [1.165, 1.54) is 0 Å². The van der Waals surface area contributed by atoms with E-state index in [2.05, 4.69) is 37.5 Å². The van der Waals surface area contributed by atoms with Crippen molar-refractivity contribution in [2.24, 2.45) is 5.92 Å². The Bertz CT molecular complexity index is 2500. The fraction of sp³-hybridized carbons (Fsp3) is 0.455. The van der Waals surface area contributed by atoms with Crippen LogP contribution in [0.2, 0.25) is 0 Å². The minimum absolute atomic E-state index is 0.0458. The number of amides is 2. The van der Waals surface area contributed by atoms with E-state index in [0.717, 1.165) is 110 Å². The normalized spacial score (nSPS) is 13.9. The zero-order valence-electron chi connectivity index (χ0n) is 40.6. The highest BCUT2D eigenvalue weighted by Crippen LogP contribution is 2.30. The summed E-state index contributed by atoms with van der Waals surface area (Å²) in [6.07, 6.45) is 14.7. The molecule has 1 fully saturated rings. The molecule has 362 valence electrons. The summed E-state index contributed by atoms with van der Waals surface area (Å²) in [5, 5.41) is 7.35. The number of benzene rings is 3. The molecule has 0 unspecified atom stereocenters. The SMILES string of the molecule is CCC(=O)CCCCC[C@H](NC(=O)C1CCN(C)CC1)c1ncc(-c2ccccc2)o1.CCC(=O)CCCCC[C@H](NC(=O)Cc1c(C)[nH]c2ccc(OC)cc12)c1ncc(-c2ccccc2)o1. The van der Waals surface area contributed by atoms with Crippen LogP contribution >= 0.6 is 0 Å². The van der Waals surface area contributed by atoms with Gasteiger partial charge in [0.05, 0.1) is 25.9 Å². The van der Waals surface area contributed by atoms with Crippen molar-refractivity contribution in [1.82, 2.24) is 30.5 Å². The lowest BCUT2D eigenvalue weighted by Crippen LogP contribution is -2.40. The Morgan fingerprint density at radius 2 is 1.26 bits per heavy atom. The average molecular weight is 927 g/mol. The summed E-state index contributed by atoms with van der Waals surface area (Å²) in [6.45, 7) is 7.68. The second-order valence-corrected chi connectivity index (χ2v) is 17.9. The number of carbonyl (C=O) groups is 4. The Morgan fingerprint density at radius 1 is 0.735 bits per heavy atom. The molecule has 13 nitrogen and oxygen atoms in total. The summed E-state index contributed by atoms with van der Waals surface area (Å²) in [5.74, 6) is 3.83. The lowest BCUT2D eigenvalue weighted by Gasteiger charge is -2.29. The van der Waals surface area contributed by atoms with Crippen LogP contribution in [0.25, 0.3) is 33.6 Å². The van der Waals surface area contributed by atoms with E-state index >= 15 is 0 Å². The Balaban J connectivity index is 0.000000228. The number of aromatic nitrogens is 3. The Hall–Kier alpha value is -6.34. The van der Waals surface area contributed by atoms with Crippen LogP contribution in [-0.2, 0) is 25.6 Å². The number of unbranched alkanes of at least 4 members (excludes halogenated alkanes) is 4. The van der Waals surface area contributed by atoms with Crippen LogP contribution in [0.5, 0.6) is 5.75 Å². The highest BCUT2D eigenvalue weighted by atomic mass is 16.5. The first-order valence-corrected chi connectivity index (χ1v) is 24.5. The number of ether oxygens (including phenoxy) is 1. The van der Waals surface area contributed by atoms with Crippen LogP contribution in [0.3, 0.4) is 0 Å². The van der Waals surface area contributed by atoms with Gasteiger partial charge in [0.25, 0.3) is 0 Å². The number of hydrogen-bond donors (Lipinski definition) is 3. The summed E-state index contributed by atoms with van der Waals surface area (Å²) < 4.78 is 17.5. The maximum Gasteiger partial charge on any atom is 0.225 e. The number of aryl methyl sites for hydroxylation is 1. The number of fused-ring (bicyclic) bond motifs is 1. The van der Waals surface area contributed by atoms with Crippen molar-refractivity contribution in [2.75, 3.05) is 27.2 Å². The maximum absolute atomic E-state index is 13.3. The zero-order valence-corrected chi connectivity index (χ0v) is 40.6. The molecule has 0 spiro atoms. The summed E-state index contributed by atoms with van der Waals surface area (Å²) >= 11 is 0. The van der Waals surface area contributed by atoms with Gasteiger partial charge in [0.15, 0.2) is 11.5 Å². The number of nitrogens with zero attached hydrogens (tertiary/aromatic N) is 3. The fourth-order valence-electron chi connectivity index (χ4n) is 8.61. The monoisotopic (exact) mass is 927 g/mol. The molecule has 1 saturated heterocycles. The van der Waals surface area contributed by atoms with E-state index in [9.17, 15) is 19.2 Å². The van der Waals surface area contributed by atoms with Crippen molar-refractivity contribution >= 4 is 34.3 Å². The van der Waals surface area contributed by atoms with Gasteiger partial charge in [-0.05, 0) is 89.3 Å². The second kappa shape index (κ2) is 26.3. The van der Waals surface area contributed by atoms with Crippen molar-refractivity contribution in [3.63, 3.8) is 0 Å². The first-order chi connectivity index (χ1) is 33.0. The fourth-order valence-corrected chi connectivity index (χ4v) is 8.61. The number of carbonyl (C=O) groups excluding carboxylic acids is 4. The third-order valence-electron chi connectivity index (χ3n) is 12.9. The number of nitrogens with one attached hydrogen (secondary N) is 3. The van der Waals surface area contributed by atoms with Gasteiger partial charge in [-0.2, -0.15) is 0 Å². The summed E-state index contributed by atoms with van der Waals surface area (Å²) in [7, 11) is 3.73. The largest absolute Gasteiger partial charge is 0.497 e. The predicted molar refractivity (Wildman–Crippen MR) is 266 cm³/mol. The molecule has 1 aliphatic rings. The Labute approximate surface area is 401 Å². The number of hydrogen-bond acceptors (Lipinski definition) is 10. The number of ketones is 2. The maximum atomic E-state index is 13.3. The topological polar surface area (TPSA) is 173 Å². The van der Waals surface area contributed by atoms with Crippen LogP contribution in [-0.4, -0.2) is 70.5 Å². The van der Waals surface area contributed by atoms with E-state index in [-0.39, 0.29) is 42.0 Å². The molecule has 13 heteroatoms. The lowest BCUT2D eigenvalue weighted by molar-refractivity contribution is -0.127. The van der Waals surface area contributed by atoms with Gasteiger partial charge in [0.2, 0.25) is 23.6 Å². The molecule has 0 bridgehead atoms. The lowest BCUT2D eigenvalue weighted by atomic mass is 9.95. The first kappa shape index (κ1) is 51.1. The van der Waals surface area contributed by atoms with Gasteiger partial charge < -0.3 is 34.1 Å². The number of aromatic amines is 1. The summed E-state index contributed by atoms with van der Waals surface area (Å²) in [5.41, 5.74) is 4.78. The highest BCUT2D eigenvalue weighted by molar-refractivity contribution is 5.91. The van der Waals surface area contributed by atoms with Crippen molar-refractivity contribution < 1.29 is 32.7 Å². The van der Waals surface area contributed by atoms with E-state index in [0.29, 0.717) is 61.2 Å². The average Bonchev–Trinajstić information content (AvgIpc) is 4.14. The molecule has 6 aromatic rings. The molecule has 1 aliphatic heterocycles. The molecule has 3 N–H and O–H groups in total. The molecule has 3 aromatic heterocycles. The van der Waals surface area contributed by atoms with Crippen LogP contribution in [0.15, 0.2) is 100 Å². The van der Waals surface area contributed by atoms with E-state index in [1.807, 2.05) is 99.6 Å². The van der Waals surface area contributed by atoms with Crippen molar-refractivity contribution in [2.45, 2.75) is 129 Å². The van der Waals surface area contributed by atoms with Gasteiger partial charge in [-0.3, -0.25) is 19.2 Å². The molecular weight excluding hydrogens is 857 g/mol. The van der Waals surface area contributed by atoms with Crippen molar-refractivity contribution in [3.05, 3.63) is 114 Å². The van der Waals surface area contributed by atoms with Gasteiger partial charge >= 0.3 is 0 Å². The first-order valence-electron chi connectivity index (χ1n) is 24.5. The van der Waals surface area contributed by atoms with Crippen molar-refractivity contribution in [3.8, 4) is 28.4 Å². The number of methoxy groups -OCH3 is 1. The molecular formula is C55H70N6O7. The quantitative estimate of drug-likeness (QED) is 0.0496. The molecule has 7 rings (SSSR count). The summed E-state index contributed by atoms with van der Waals surface area (Å²) in [4.78, 5) is 64.0. The summed E-state index contributed by atoms with van der Waals surface area (Å²) in [6, 6.07) is 24.9. The molecule has 0 aliphatic carbocycles. The number of rotatable bonds is 24. The van der Waals surface area contributed by atoms with E-state index in [4.69, 9.17) is 13.6 Å². The zero-order chi connectivity index (χ0) is 48.3. The molecule has 3 aromatic carbocycles. The van der Waals surface area contributed by atoms with Gasteiger partial charge in [-0.1, -0.05) is 100 Å². The smallest absolute Gasteiger partial charge is 0.225 e. The molecule has 4 heterocycles. The van der Waals surface area contributed by atoms with Gasteiger partial charge in [0.1, 0.15) is 29.4 Å². The van der Waals surface area contributed by atoms with Gasteiger partial charge in [0, 0.05) is 59.3 Å². The van der Waals surface area contributed by atoms with Crippen LogP contribution in [0.1, 0.15) is 139 Å². The molecule has 2 atom stereocenters. The minimum atomic E-state index is -0.355. The molecule has 0 radical (unpaired) electrons. The van der Waals surface area contributed by atoms with E-state index in [1.54, 1.807) is 19.5 Å². The number of Topliss-reactive ketones (excluding diaryl/α,β-unsaturated/α-hetero) is 2. The predicted octanol–water partition coefficient (Wildman–Crippen LogP) is 11.2. The minimum Gasteiger partial charge on any atom is -0.497 e. The highest BCUT2D eigenvalue weighted by Gasteiger charge is 2.28. The molecule has 2 amide bonds. The standard InChI is InChI=1S/C30H35N3O4.C25H35N3O3/c1-4-22(34)13-9-6-10-14-27(30-31-19-28(37-30)21-11-7-5-8-12-21)33-29(35)18-24-20(2)32-26-16-15-23(36-3)17-25(24)26;1-3-21(29)12-8-5-9-13-22(27-24(30)20-14-16-28(2)17-15-20)25-26-18-23(31-25)19-10-6-4-7-11-19/h5,7-8,11-12,15-17,19,27,32H,4,6,9-10,13-14,18H2,1-3H3,(H,33,35);4,6-7,10-11,18,20,22H,3,5,8-9,12-17H2,1-2H3,(H,27,30)/t27-;22-/m00/s1. The van der Waals surface area contributed by atoms with Crippen LogP contribution in [0.4, 0.5) is 0 Å². The number of piperidine rings is 1. The third-order valence-corrected chi connectivity index (χ3v) is 12.9.